The zero-order valence-electron chi connectivity index (χ0n) is 14.2. The summed E-state index contributed by atoms with van der Waals surface area (Å²) in [6.07, 6.45) is 4.47. The van der Waals surface area contributed by atoms with Gasteiger partial charge in [0.05, 0.1) is 5.92 Å². The van der Waals surface area contributed by atoms with Crippen molar-refractivity contribution in [2.75, 3.05) is 6.54 Å². The maximum Gasteiger partial charge on any atom is 0.308 e. The Hall–Kier alpha value is -2.30. The highest BCUT2D eigenvalue weighted by Gasteiger charge is 2.34. The summed E-state index contributed by atoms with van der Waals surface area (Å²) in [5.74, 6) is -1.19. The van der Waals surface area contributed by atoms with Crippen LogP contribution in [0.2, 0.25) is 0 Å². The Kier molecular flexibility index (Phi) is 4.60. The first-order chi connectivity index (χ1) is 11.5. The van der Waals surface area contributed by atoms with Crippen LogP contribution in [0, 0.1) is 12.8 Å². The normalized spacial score (nSPS) is 21.2. The number of rotatable bonds is 4. The molecule has 2 N–H and O–H groups in total. The number of aromatic amines is 1. The number of carboxylic acids is 1. The number of aryl methyl sites for hydroxylation is 2. The van der Waals surface area contributed by atoms with Crippen LogP contribution in [0.3, 0.4) is 0 Å². The van der Waals surface area contributed by atoms with Crippen molar-refractivity contribution in [3.8, 4) is 0 Å². The molecule has 0 aliphatic carbocycles. The van der Waals surface area contributed by atoms with Crippen LogP contribution in [0.15, 0.2) is 24.4 Å². The molecule has 1 aromatic carbocycles. The number of likely N-dealkylation sites (tertiary alicyclic amines) is 1. The van der Waals surface area contributed by atoms with E-state index in [1.807, 2.05) is 13.1 Å². The first kappa shape index (κ1) is 16.6. The van der Waals surface area contributed by atoms with Crippen LogP contribution in [0.4, 0.5) is 0 Å². The average molecular weight is 328 g/mol. The number of hydrogen-bond donors (Lipinski definition) is 2. The van der Waals surface area contributed by atoms with Gasteiger partial charge in [-0.15, -0.1) is 0 Å². The van der Waals surface area contributed by atoms with Gasteiger partial charge in [-0.1, -0.05) is 11.6 Å². The Morgan fingerprint density at radius 2 is 2.17 bits per heavy atom. The molecule has 24 heavy (non-hydrogen) atoms. The number of amides is 1. The lowest BCUT2D eigenvalue weighted by molar-refractivity contribution is -0.149. The fourth-order valence-corrected chi connectivity index (χ4v) is 3.71. The second-order valence-corrected chi connectivity index (χ2v) is 6.78. The number of nitrogens with one attached hydrogen (secondary N) is 1. The van der Waals surface area contributed by atoms with E-state index in [0.29, 0.717) is 25.8 Å². The van der Waals surface area contributed by atoms with Gasteiger partial charge in [0, 0.05) is 36.1 Å². The minimum atomic E-state index is -0.799. The molecule has 1 fully saturated rings. The SMILES string of the molecule is Cc1ccc2[nH]cc(CCC(=O)N3CCC[C@@H](C(=O)O)[C@H]3C)c2c1. The molecule has 2 heterocycles. The lowest BCUT2D eigenvalue weighted by Crippen LogP contribution is -2.49. The smallest absolute Gasteiger partial charge is 0.308 e. The number of carbonyl (C=O) groups excluding carboxylic acids is 1. The Balaban J connectivity index is 1.68. The van der Waals surface area contributed by atoms with E-state index in [-0.39, 0.29) is 11.9 Å². The highest BCUT2D eigenvalue weighted by atomic mass is 16.4. The first-order valence-corrected chi connectivity index (χ1v) is 8.56. The van der Waals surface area contributed by atoms with E-state index >= 15 is 0 Å². The van der Waals surface area contributed by atoms with Gasteiger partial charge in [-0.25, -0.2) is 0 Å². The fourth-order valence-electron chi connectivity index (χ4n) is 3.71. The summed E-state index contributed by atoms with van der Waals surface area (Å²) in [4.78, 5) is 28.9. The van der Waals surface area contributed by atoms with Gasteiger partial charge in [-0.2, -0.15) is 0 Å². The van der Waals surface area contributed by atoms with Crippen LogP contribution in [0.1, 0.15) is 37.3 Å². The summed E-state index contributed by atoms with van der Waals surface area (Å²) in [5.41, 5.74) is 3.42. The summed E-state index contributed by atoms with van der Waals surface area (Å²) in [6, 6.07) is 6.03. The molecule has 0 spiro atoms. The summed E-state index contributed by atoms with van der Waals surface area (Å²) < 4.78 is 0. The fraction of sp³-hybridized carbons (Fsp3) is 0.474. The number of carbonyl (C=O) groups is 2. The van der Waals surface area contributed by atoms with Crippen molar-refractivity contribution in [1.82, 2.24) is 9.88 Å². The molecule has 0 radical (unpaired) electrons. The molecular formula is C19H24N2O3. The second kappa shape index (κ2) is 6.67. The number of aliphatic carboxylic acids is 1. The van der Waals surface area contributed by atoms with E-state index in [0.717, 1.165) is 22.9 Å². The molecule has 2 atom stereocenters. The third-order valence-corrected chi connectivity index (χ3v) is 5.16. The van der Waals surface area contributed by atoms with Crippen LogP contribution in [-0.2, 0) is 16.0 Å². The van der Waals surface area contributed by atoms with Crippen molar-refractivity contribution in [1.29, 1.82) is 0 Å². The minimum Gasteiger partial charge on any atom is -0.481 e. The third-order valence-electron chi connectivity index (χ3n) is 5.16. The quantitative estimate of drug-likeness (QED) is 0.905. The van der Waals surface area contributed by atoms with Gasteiger partial charge in [-0.05, 0) is 50.8 Å². The summed E-state index contributed by atoms with van der Waals surface area (Å²) in [7, 11) is 0. The second-order valence-electron chi connectivity index (χ2n) is 6.78. The summed E-state index contributed by atoms with van der Waals surface area (Å²) in [5, 5.41) is 10.5. The van der Waals surface area contributed by atoms with Gasteiger partial charge in [0.15, 0.2) is 0 Å². The third kappa shape index (κ3) is 3.16. The standard InChI is InChI=1S/C19H24N2O3/c1-12-5-7-17-16(10-12)14(11-20-17)6-8-18(22)21-9-3-4-15(13(21)2)19(23)24/h5,7,10-11,13,15,20H,3-4,6,8-9H2,1-2H3,(H,23,24)/t13-,15-/m1/s1. The van der Waals surface area contributed by atoms with Crippen molar-refractivity contribution in [3.63, 3.8) is 0 Å². The molecule has 0 saturated carbocycles. The molecule has 128 valence electrons. The molecule has 0 bridgehead atoms. The molecule has 1 aliphatic heterocycles. The maximum atomic E-state index is 12.6. The monoisotopic (exact) mass is 328 g/mol. The number of benzene rings is 1. The van der Waals surface area contributed by atoms with Crippen molar-refractivity contribution in [3.05, 3.63) is 35.5 Å². The van der Waals surface area contributed by atoms with Crippen LogP contribution >= 0.6 is 0 Å². The van der Waals surface area contributed by atoms with Crippen molar-refractivity contribution >= 4 is 22.8 Å². The lowest BCUT2D eigenvalue weighted by Gasteiger charge is -2.37. The van der Waals surface area contributed by atoms with Crippen LogP contribution in [0.25, 0.3) is 10.9 Å². The van der Waals surface area contributed by atoms with E-state index in [1.165, 1.54) is 5.56 Å². The zero-order chi connectivity index (χ0) is 17.3. The number of fused-ring (bicyclic) bond motifs is 1. The number of H-pyrrole nitrogens is 1. The van der Waals surface area contributed by atoms with E-state index in [2.05, 4.69) is 30.1 Å². The van der Waals surface area contributed by atoms with Crippen molar-refractivity contribution < 1.29 is 14.7 Å². The molecule has 0 unspecified atom stereocenters. The number of piperidine rings is 1. The van der Waals surface area contributed by atoms with E-state index in [9.17, 15) is 14.7 Å². The van der Waals surface area contributed by atoms with E-state index < -0.39 is 11.9 Å². The molecule has 1 aromatic heterocycles. The zero-order valence-corrected chi connectivity index (χ0v) is 14.2. The number of aromatic nitrogens is 1. The predicted molar refractivity (Wildman–Crippen MR) is 92.9 cm³/mol. The first-order valence-electron chi connectivity index (χ1n) is 8.56. The van der Waals surface area contributed by atoms with E-state index in [4.69, 9.17) is 0 Å². The Bertz CT molecular complexity index is 765. The number of hydrogen-bond acceptors (Lipinski definition) is 2. The molecule has 3 rings (SSSR count). The Labute approximate surface area is 141 Å². The number of nitrogens with zero attached hydrogens (tertiary/aromatic N) is 1. The van der Waals surface area contributed by atoms with Gasteiger partial charge in [-0.3, -0.25) is 9.59 Å². The average Bonchev–Trinajstić information content (AvgIpc) is 2.94. The van der Waals surface area contributed by atoms with E-state index in [1.54, 1.807) is 4.90 Å². The molecule has 1 amide bonds. The minimum absolute atomic E-state index is 0.0513. The molecule has 5 nitrogen and oxygen atoms in total. The molecule has 5 heteroatoms. The van der Waals surface area contributed by atoms with Crippen LogP contribution in [-0.4, -0.2) is 39.5 Å². The Morgan fingerprint density at radius 1 is 1.38 bits per heavy atom. The van der Waals surface area contributed by atoms with Gasteiger partial charge in [0.1, 0.15) is 0 Å². The number of carboxylic acid groups (broad SMARTS) is 1. The summed E-state index contributed by atoms with van der Waals surface area (Å²) in [6.45, 7) is 4.57. The van der Waals surface area contributed by atoms with Gasteiger partial charge >= 0.3 is 5.97 Å². The highest BCUT2D eigenvalue weighted by Crippen LogP contribution is 2.26. The summed E-state index contributed by atoms with van der Waals surface area (Å²) >= 11 is 0. The Morgan fingerprint density at radius 3 is 2.92 bits per heavy atom. The predicted octanol–water partition coefficient (Wildman–Crippen LogP) is 3.12. The largest absolute Gasteiger partial charge is 0.481 e. The van der Waals surface area contributed by atoms with Gasteiger partial charge in [0.25, 0.3) is 0 Å². The van der Waals surface area contributed by atoms with Crippen molar-refractivity contribution in [2.24, 2.45) is 5.92 Å². The van der Waals surface area contributed by atoms with Gasteiger partial charge in [0.2, 0.25) is 5.91 Å². The maximum absolute atomic E-state index is 12.6. The molecule has 2 aromatic rings. The molecule has 1 saturated heterocycles. The highest BCUT2D eigenvalue weighted by molar-refractivity contribution is 5.85. The molecular weight excluding hydrogens is 304 g/mol. The molecule has 1 aliphatic rings. The van der Waals surface area contributed by atoms with Gasteiger partial charge < -0.3 is 15.0 Å². The topological polar surface area (TPSA) is 73.4 Å². The van der Waals surface area contributed by atoms with Crippen LogP contribution < -0.4 is 0 Å². The lowest BCUT2D eigenvalue weighted by atomic mass is 9.90. The van der Waals surface area contributed by atoms with Crippen LogP contribution in [0.5, 0.6) is 0 Å². The van der Waals surface area contributed by atoms with Crippen molar-refractivity contribution in [2.45, 2.75) is 45.6 Å².